The average Bonchev–Trinajstić information content (AvgIpc) is 2.59. The highest BCUT2D eigenvalue weighted by atomic mass is 19.1. The van der Waals surface area contributed by atoms with Gasteiger partial charge in [0.15, 0.2) is 0 Å². The zero-order valence-corrected chi connectivity index (χ0v) is 13.1. The Labute approximate surface area is 133 Å². The van der Waals surface area contributed by atoms with E-state index in [2.05, 4.69) is 10.5 Å². The number of hydrogen-bond acceptors (Lipinski definition) is 4. The molecule has 5 nitrogen and oxygen atoms in total. The number of hydrazone groups is 1. The summed E-state index contributed by atoms with van der Waals surface area (Å²) < 4.78 is 24.0. The number of methoxy groups -OCH3 is 2. The maximum atomic E-state index is 13.5. The van der Waals surface area contributed by atoms with E-state index >= 15 is 0 Å². The van der Waals surface area contributed by atoms with Crippen molar-refractivity contribution in [2.75, 3.05) is 14.2 Å². The molecule has 2 rings (SSSR count). The topological polar surface area (TPSA) is 59.9 Å². The molecule has 120 valence electrons. The Morgan fingerprint density at radius 2 is 1.83 bits per heavy atom. The third-order valence-electron chi connectivity index (χ3n) is 3.24. The molecule has 0 aliphatic rings. The van der Waals surface area contributed by atoms with Gasteiger partial charge in [-0.15, -0.1) is 0 Å². The van der Waals surface area contributed by atoms with Crippen LogP contribution in [-0.2, 0) is 0 Å². The molecular weight excluding hydrogens is 299 g/mol. The number of nitrogens with one attached hydrogen (secondary N) is 1. The highest BCUT2D eigenvalue weighted by Gasteiger charge is 2.11. The van der Waals surface area contributed by atoms with E-state index in [0.29, 0.717) is 22.8 Å². The molecule has 2 aromatic rings. The summed E-state index contributed by atoms with van der Waals surface area (Å²) in [6, 6.07) is 11.0. The van der Waals surface area contributed by atoms with Crippen molar-refractivity contribution < 1.29 is 18.7 Å². The molecule has 1 amide bonds. The molecule has 0 aromatic heterocycles. The third kappa shape index (κ3) is 3.85. The second-order valence-electron chi connectivity index (χ2n) is 4.68. The van der Waals surface area contributed by atoms with E-state index < -0.39 is 11.7 Å². The minimum atomic E-state index is -0.616. The molecule has 1 N–H and O–H groups in total. The van der Waals surface area contributed by atoms with Crippen molar-refractivity contribution in [2.24, 2.45) is 5.10 Å². The summed E-state index contributed by atoms with van der Waals surface area (Å²) in [6.07, 6.45) is 0. The molecule has 0 unspecified atom stereocenters. The van der Waals surface area contributed by atoms with Gasteiger partial charge in [-0.25, -0.2) is 9.82 Å². The van der Waals surface area contributed by atoms with Crippen molar-refractivity contribution in [1.82, 2.24) is 5.43 Å². The maximum Gasteiger partial charge on any atom is 0.274 e. The van der Waals surface area contributed by atoms with Gasteiger partial charge in [-0.05, 0) is 31.2 Å². The van der Waals surface area contributed by atoms with E-state index in [1.807, 2.05) is 0 Å². The lowest BCUT2D eigenvalue weighted by atomic mass is 10.1. The van der Waals surface area contributed by atoms with Gasteiger partial charge in [0.05, 0.1) is 25.5 Å². The van der Waals surface area contributed by atoms with Crippen LogP contribution in [0.3, 0.4) is 0 Å². The van der Waals surface area contributed by atoms with E-state index in [-0.39, 0.29) is 5.56 Å². The van der Waals surface area contributed by atoms with Crippen LogP contribution in [0, 0.1) is 5.82 Å². The Kier molecular flexibility index (Phi) is 5.30. The average molecular weight is 316 g/mol. The number of halogens is 1. The van der Waals surface area contributed by atoms with Crippen molar-refractivity contribution in [3.05, 3.63) is 59.4 Å². The van der Waals surface area contributed by atoms with Crippen LogP contribution >= 0.6 is 0 Å². The molecule has 0 bridgehead atoms. The SMILES string of the molecule is COc1ccc(/C(C)=N/NC(=O)c2ccccc2F)c(OC)c1. The van der Waals surface area contributed by atoms with Crippen LogP contribution in [-0.4, -0.2) is 25.8 Å². The number of benzene rings is 2. The molecule has 0 spiro atoms. The first-order valence-electron chi connectivity index (χ1n) is 6.88. The zero-order chi connectivity index (χ0) is 16.8. The molecule has 6 heteroatoms. The third-order valence-corrected chi connectivity index (χ3v) is 3.24. The number of carbonyl (C=O) groups excluding carboxylic acids is 1. The summed E-state index contributed by atoms with van der Waals surface area (Å²) in [5.74, 6) is -0.00524. The summed E-state index contributed by atoms with van der Waals surface area (Å²) in [5, 5.41) is 4.01. The molecule has 0 radical (unpaired) electrons. The van der Waals surface area contributed by atoms with Gasteiger partial charge in [0.2, 0.25) is 0 Å². The quantitative estimate of drug-likeness (QED) is 0.681. The maximum absolute atomic E-state index is 13.5. The minimum Gasteiger partial charge on any atom is -0.497 e. The molecule has 0 heterocycles. The number of ether oxygens (including phenoxy) is 2. The molecular formula is C17H17FN2O3. The number of nitrogens with zero attached hydrogens (tertiary/aromatic N) is 1. The van der Waals surface area contributed by atoms with Crippen LogP contribution in [0.15, 0.2) is 47.6 Å². The molecule has 0 aliphatic carbocycles. The highest BCUT2D eigenvalue weighted by Crippen LogP contribution is 2.25. The Hall–Kier alpha value is -2.89. The normalized spacial score (nSPS) is 11.0. The van der Waals surface area contributed by atoms with E-state index in [4.69, 9.17) is 9.47 Å². The van der Waals surface area contributed by atoms with Gasteiger partial charge in [-0.2, -0.15) is 5.10 Å². The fraction of sp³-hybridized carbons (Fsp3) is 0.176. The summed E-state index contributed by atoms with van der Waals surface area (Å²) in [7, 11) is 3.09. The van der Waals surface area contributed by atoms with E-state index in [9.17, 15) is 9.18 Å². The van der Waals surface area contributed by atoms with Gasteiger partial charge < -0.3 is 9.47 Å². The monoisotopic (exact) mass is 316 g/mol. The minimum absolute atomic E-state index is 0.0641. The van der Waals surface area contributed by atoms with E-state index in [0.717, 1.165) is 0 Å². The fourth-order valence-electron chi connectivity index (χ4n) is 2.00. The highest BCUT2D eigenvalue weighted by molar-refractivity contribution is 6.02. The first-order valence-corrected chi connectivity index (χ1v) is 6.88. The summed E-state index contributed by atoms with van der Waals surface area (Å²) in [5.41, 5.74) is 3.49. The number of hydrogen-bond donors (Lipinski definition) is 1. The lowest BCUT2D eigenvalue weighted by Crippen LogP contribution is -2.20. The first-order chi connectivity index (χ1) is 11.1. The molecule has 2 aromatic carbocycles. The molecule has 0 saturated carbocycles. The molecule has 0 fully saturated rings. The number of rotatable bonds is 5. The lowest BCUT2D eigenvalue weighted by Gasteiger charge is -2.10. The van der Waals surface area contributed by atoms with Gasteiger partial charge in [0.1, 0.15) is 17.3 Å². The lowest BCUT2D eigenvalue weighted by molar-refractivity contribution is 0.0951. The summed E-state index contributed by atoms with van der Waals surface area (Å²) >= 11 is 0. The van der Waals surface area contributed by atoms with Gasteiger partial charge in [-0.1, -0.05) is 12.1 Å². The first kappa shape index (κ1) is 16.5. The van der Waals surface area contributed by atoms with Crippen LogP contribution in [0.25, 0.3) is 0 Å². The summed E-state index contributed by atoms with van der Waals surface area (Å²) in [4.78, 5) is 11.9. The molecule has 23 heavy (non-hydrogen) atoms. The fourth-order valence-corrected chi connectivity index (χ4v) is 2.00. The van der Waals surface area contributed by atoms with Crippen molar-refractivity contribution >= 4 is 11.6 Å². The van der Waals surface area contributed by atoms with E-state index in [1.54, 1.807) is 38.3 Å². The molecule has 0 saturated heterocycles. The Morgan fingerprint density at radius 1 is 1.09 bits per heavy atom. The number of carbonyl (C=O) groups is 1. The Morgan fingerprint density at radius 3 is 2.48 bits per heavy atom. The van der Waals surface area contributed by atoms with Gasteiger partial charge >= 0.3 is 0 Å². The Bertz CT molecular complexity index is 744. The number of amides is 1. The smallest absolute Gasteiger partial charge is 0.274 e. The van der Waals surface area contributed by atoms with Crippen molar-refractivity contribution in [3.63, 3.8) is 0 Å². The predicted octanol–water partition coefficient (Wildman–Crippen LogP) is 3.00. The standard InChI is InChI=1S/C17H17FN2O3/c1-11(13-9-8-12(22-2)10-16(13)23-3)19-20-17(21)14-6-4-5-7-15(14)18/h4-10H,1-3H3,(H,20,21)/b19-11+. The van der Waals surface area contributed by atoms with Gasteiger partial charge in [-0.3, -0.25) is 4.79 Å². The van der Waals surface area contributed by atoms with Crippen LogP contribution in [0.2, 0.25) is 0 Å². The predicted molar refractivity (Wildman–Crippen MR) is 85.6 cm³/mol. The second-order valence-corrected chi connectivity index (χ2v) is 4.68. The van der Waals surface area contributed by atoms with Crippen LogP contribution in [0.1, 0.15) is 22.8 Å². The van der Waals surface area contributed by atoms with Gasteiger partial charge in [0, 0.05) is 11.6 Å². The van der Waals surface area contributed by atoms with Crippen molar-refractivity contribution in [2.45, 2.75) is 6.92 Å². The largest absolute Gasteiger partial charge is 0.497 e. The molecule has 0 aliphatic heterocycles. The Balaban J connectivity index is 2.20. The van der Waals surface area contributed by atoms with E-state index in [1.165, 1.54) is 25.3 Å². The van der Waals surface area contributed by atoms with Gasteiger partial charge in [0.25, 0.3) is 5.91 Å². The van der Waals surface area contributed by atoms with Crippen LogP contribution in [0.4, 0.5) is 4.39 Å². The zero-order valence-electron chi connectivity index (χ0n) is 13.1. The second kappa shape index (κ2) is 7.40. The van der Waals surface area contributed by atoms with Crippen molar-refractivity contribution in [3.8, 4) is 11.5 Å². The van der Waals surface area contributed by atoms with Crippen molar-refractivity contribution in [1.29, 1.82) is 0 Å². The van der Waals surface area contributed by atoms with Crippen LogP contribution in [0.5, 0.6) is 11.5 Å². The molecule has 0 atom stereocenters. The van der Waals surface area contributed by atoms with Crippen LogP contribution < -0.4 is 14.9 Å². The summed E-state index contributed by atoms with van der Waals surface area (Å²) in [6.45, 7) is 1.71.